The fourth-order valence-electron chi connectivity index (χ4n) is 2.71. The molecule has 19 heavy (non-hydrogen) atoms. The molecule has 1 saturated heterocycles. The van der Waals surface area contributed by atoms with E-state index in [0.717, 1.165) is 41.4 Å². The number of nitrogens with zero attached hydrogens (tertiary/aromatic N) is 1. The van der Waals surface area contributed by atoms with Crippen molar-refractivity contribution in [2.75, 3.05) is 6.54 Å². The fraction of sp³-hybridized carbons (Fsp3) is 0.533. The number of carbonyl (C=O) groups excluding carboxylic acids is 1. The van der Waals surface area contributed by atoms with Crippen LogP contribution in [0.1, 0.15) is 42.1 Å². The second-order valence-electron chi connectivity index (χ2n) is 5.40. The number of likely N-dealkylation sites (tertiary alicyclic amines) is 1. The first kappa shape index (κ1) is 14.5. The van der Waals surface area contributed by atoms with Crippen molar-refractivity contribution in [3.63, 3.8) is 0 Å². The van der Waals surface area contributed by atoms with Crippen molar-refractivity contribution in [1.82, 2.24) is 4.90 Å². The van der Waals surface area contributed by atoms with Crippen molar-refractivity contribution < 1.29 is 4.79 Å². The number of hydrogen-bond acceptors (Lipinski definition) is 2. The molecule has 1 aliphatic heterocycles. The van der Waals surface area contributed by atoms with Crippen LogP contribution >= 0.6 is 15.9 Å². The van der Waals surface area contributed by atoms with Gasteiger partial charge in [0, 0.05) is 23.1 Å². The van der Waals surface area contributed by atoms with E-state index in [1.165, 1.54) is 0 Å². The van der Waals surface area contributed by atoms with E-state index in [9.17, 15) is 4.79 Å². The SMILES string of the molecule is Cc1ccc(Br)c(C(=O)N2CCCCC2C(C)N)c1. The number of rotatable bonds is 2. The molecule has 0 spiro atoms. The quantitative estimate of drug-likeness (QED) is 0.908. The smallest absolute Gasteiger partial charge is 0.255 e. The largest absolute Gasteiger partial charge is 0.334 e. The predicted octanol–water partition coefficient (Wildman–Crippen LogP) is 3.10. The normalized spacial score (nSPS) is 21.3. The highest BCUT2D eigenvalue weighted by atomic mass is 79.9. The van der Waals surface area contributed by atoms with Crippen molar-refractivity contribution in [1.29, 1.82) is 0 Å². The molecule has 0 aliphatic carbocycles. The van der Waals surface area contributed by atoms with E-state index in [0.29, 0.717) is 0 Å². The molecule has 0 aromatic heterocycles. The number of nitrogens with two attached hydrogens (primary N) is 1. The lowest BCUT2D eigenvalue weighted by molar-refractivity contribution is 0.0583. The first-order valence-corrected chi connectivity index (χ1v) is 7.62. The molecule has 4 heteroatoms. The molecule has 2 unspecified atom stereocenters. The van der Waals surface area contributed by atoms with Crippen LogP contribution in [0.2, 0.25) is 0 Å². The zero-order chi connectivity index (χ0) is 14.0. The molecule has 104 valence electrons. The van der Waals surface area contributed by atoms with Gasteiger partial charge in [-0.3, -0.25) is 4.79 Å². The van der Waals surface area contributed by atoms with E-state index in [2.05, 4.69) is 15.9 Å². The maximum atomic E-state index is 12.7. The molecule has 1 fully saturated rings. The Kier molecular flexibility index (Phi) is 4.63. The minimum absolute atomic E-state index is 0.0211. The van der Waals surface area contributed by atoms with Crippen molar-refractivity contribution in [2.24, 2.45) is 5.73 Å². The zero-order valence-electron chi connectivity index (χ0n) is 11.5. The highest BCUT2D eigenvalue weighted by Gasteiger charge is 2.30. The molecular weight excluding hydrogens is 304 g/mol. The lowest BCUT2D eigenvalue weighted by Crippen LogP contribution is -2.51. The van der Waals surface area contributed by atoms with E-state index in [4.69, 9.17) is 5.73 Å². The van der Waals surface area contributed by atoms with Gasteiger partial charge in [-0.2, -0.15) is 0 Å². The van der Waals surface area contributed by atoms with Crippen LogP contribution in [0.4, 0.5) is 0 Å². The highest BCUT2D eigenvalue weighted by molar-refractivity contribution is 9.10. The first-order chi connectivity index (χ1) is 9.00. The summed E-state index contributed by atoms with van der Waals surface area (Å²) in [7, 11) is 0. The molecule has 0 radical (unpaired) electrons. The Morgan fingerprint density at radius 1 is 1.47 bits per heavy atom. The number of benzene rings is 1. The summed E-state index contributed by atoms with van der Waals surface area (Å²) < 4.78 is 0.858. The Hall–Kier alpha value is -0.870. The number of amides is 1. The molecule has 1 aromatic rings. The van der Waals surface area contributed by atoms with E-state index in [-0.39, 0.29) is 18.0 Å². The summed E-state index contributed by atoms with van der Waals surface area (Å²) >= 11 is 3.48. The van der Waals surface area contributed by atoms with Gasteiger partial charge >= 0.3 is 0 Å². The van der Waals surface area contributed by atoms with E-state index in [1.54, 1.807) is 0 Å². The van der Waals surface area contributed by atoms with Crippen LogP contribution in [-0.2, 0) is 0 Å². The van der Waals surface area contributed by atoms with Crippen molar-refractivity contribution >= 4 is 21.8 Å². The number of aryl methyl sites for hydroxylation is 1. The van der Waals surface area contributed by atoms with E-state index in [1.807, 2.05) is 36.9 Å². The maximum Gasteiger partial charge on any atom is 0.255 e. The Balaban J connectivity index is 2.28. The van der Waals surface area contributed by atoms with Gasteiger partial charge in [0.25, 0.3) is 5.91 Å². The Morgan fingerprint density at radius 2 is 2.21 bits per heavy atom. The summed E-state index contributed by atoms with van der Waals surface area (Å²) in [5.41, 5.74) is 7.88. The van der Waals surface area contributed by atoms with E-state index >= 15 is 0 Å². The third-order valence-electron chi connectivity index (χ3n) is 3.77. The summed E-state index contributed by atoms with van der Waals surface area (Å²) in [5.74, 6) is 0.0950. The van der Waals surface area contributed by atoms with Gasteiger partial charge in [-0.1, -0.05) is 11.6 Å². The fourth-order valence-corrected chi connectivity index (χ4v) is 3.13. The molecule has 2 N–H and O–H groups in total. The number of hydrogen-bond donors (Lipinski definition) is 1. The minimum Gasteiger partial charge on any atom is -0.334 e. The average Bonchev–Trinajstić information content (AvgIpc) is 2.40. The van der Waals surface area contributed by atoms with Gasteiger partial charge in [0.05, 0.1) is 5.56 Å². The number of carbonyl (C=O) groups is 1. The first-order valence-electron chi connectivity index (χ1n) is 6.83. The summed E-state index contributed by atoms with van der Waals surface area (Å²) in [5, 5.41) is 0. The molecule has 1 heterocycles. The van der Waals surface area contributed by atoms with Crippen LogP contribution in [0, 0.1) is 6.92 Å². The Bertz CT molecular complexity index is 473. The van der Waals surface area contributed by atoms with Gasteiger partial charge in [-0.05, 0) is 61.2 Å². The zero-order valence-corrected chi connectivity index (χ0v) is 13.1. The van der Waals surface area contributed by atoms with Gasteiger partial charge in [0.2, 0.25) is 0 Å². The number of piperidine rings is 1. The van der Waals surface area contributed by atoms with Crippen molar-refractivity contribution in [2.45, 2.75) is 45.2 Å². The third kappa shape index (κ3) is 3.18. The van der Waals surface area contributed by atoms with Crippen molar-refractivity contribution in [3.05, 3.63) is 33.8 Å². The van der Waals surface area contributed by atoms with Crippen LogP contribution in [0.25, 0.3) is 0 Å². The van der Waals surface area contributed by atoms with Gasteiger partial charge in [0.1, 0.15) is 0 Å². The molecular formula is C15H21BrN2O. The van der Waals surface area contributed by atoms with Gasteiger partial charge in [0.15, 0.2) is 0 Å². The highest BCUT2D eigenvalue weighted by Crippen LogP contribution is 2.25. The molecule has 3 nitrogen and oxygen atoms in total. The monoisotopic (exact) mass is 324 g/mol. The Morgan fingerprint density at radius 3 is 2.89 bits per heavy atom. The van der Waals surface area contributed by atoms with Crippen LogP contribution in [0.3, 0.4) is 0 Å². The van der Waals surface area contributed by atoms with Gasteiger partial charge < -0.3 is 10.6 Å². The molecule has 2 atom stereocenters. The molecule has 1 aromatic carbocycles. The van der Waals surface area contributed by atoms with Crippen LogP contribution < -0.4 is 5.73 Å². The van der Waals surface area contributed by atoms with Crippen LogP contribution in [-0.4, -0.2) is 29.4 Å². The van der Waals surface area contributed by atoms with Gasteiger partial charge in [-0.15, -0.1) is 0 Å². The maximum absolute atomic E-state index is 12.7. The standard InChI is InChI=1S/C15H21BrN2O/c1-10-6-7-13(16)12(9-10)15(19)18-8-4-3-5-14(18)11(2)17/h6-7,9,11,14H,3-5,8,17H2,1-2H3. The van der Waals surface area contributed by atoms with E-state index < -0.39 is 0 Å². The number of halogens is 1. The molecule has 1 aliphatic rings. The molecule has 0 saturated carbocycles. The lowest BCUT2D eigenvalue weighted by atomic mass is 9.96. The summed E-state index contributed by atoms with van der Waals surface area (Å²) in [6, 6.07) is 6.06. The topological polar surface area (TPSA) is 46.3 Å². The van der Waals surface area contributed by atoms with Crippen LogP contribution in [0.15, 0.2) is 22.7 Å². The van der Waals surface area contributed by atoms with Gasteiger partial charge in [-0.25, -0.2) is 0 Å². The van der Waals surface area contributed by atoms with Crippen LogP contribution in [0.5, 0.6) is 0 Å². The molecule has 1 amide bonds. The summed E-state index contributed by atoms with van der Waals surface area (Å²) in [6.07, 6.45) is 3.23. The van der Waals surface area contributed by atoms with Crippen molar-refractivity contribution in [3.8, 4) is 0 Å². The molecule has 2 rings (SSSR count). The lowest BCUT2D eigenvalue weighted by Gasteiger charge is -2.38. The Labute approximate surface area is 123 Å². The molecule has 0 bridgehead atoms. The predicted molar refractivity (Wildman–Crippen MR) is 81.2 cm³/mol. The second kappa shape index (κ2) is 6.06. The second-order valence-corrected chi connectivity index (χ2v) is 6.26. The average molecular weight is 325 g/mol. The summed E-state index contributed by atoms with van der Waals surface area (Å²) in [4.78, 5) is 14.7. The summed E-state index contributed by atoms with van der Waals surface area (Å²) in [6.45, 7) is 4.80. The third-order valence-corrected chi connectivity index (χ3v) is 4.46. The minimum atomic E-state index is 0.0211.